The van der Waals surface area contributed by atoms with Crippen LogP contribution in [0.5, 0.6) is 0 Å². The lowest BCUT2D eigenvalue weighted by Gasteiger charge is -2.15. The monoisotopic (exact) mass is 332 g/mol. The Morgan fingerprint density at radius 3 is 2.74 bits per heavy atom. The Kier molecular flexibility index (Phi) is 4.29. The zero-order valence-electron chi connectivity index (χ0n) is 12.5. The van der Waals surface area contributed by atoms with E-state index < -0.39 is 0 Å². The molecule has 1 aliphatic heterocycles. The number of halogens is 1. The molecule has 4 N–H and O–H groups in total. The van der Waals surface area contributed by atoms with Gasteiger partial charge in [0.1, 0.15) is 5.82 Å². The van der Waals surface area contributed by atoms with Crippen LogP contribution in [-0.4, -0.2) is 27.4 Å². The maximum atomic E-state index is 11.8. The highest BCUT2D eigenvalue weighted by atomic mass is 35.5. The first-order valence-corrected chi connectivity index (χ1v) is 7.76. The van der Waals surface area contributed by atoms with E-state index in [1.54, 1.807) is 4.90 Å². The molecular formula is C15H17ClN6O. The van der Waals surface area contributed by atoms with Gasteiger partial charge in [-0.25, -0.2) is 9.97 Å². The Morgan fingerprint density at radius 1 is 1.17 bits per heavy atom. The summed E-state index contributed by atoms with van der Waals surface area (Å²) in [7, 11) is 0. The Balaban J connectivity index is 1.75. The number of rotatable bonds is 4. The van der Waals surface area contributed by atoms with Crippen LogP contribution >= 0.6 is 11.6 Å². The first-order valence-electron chi connectivity index (χ1n) is 7.38. The molecule has 0 radical (unpaired) electrons. The molecule has 1 amide bonds. The van der Waals surface area contributed by atoms with Gasteiger partial charge in [-0.1, -0.05) is 17.7 Å². The van der Waals surface area contributed by atoms with E-state index in [0.29, 0.717) is 36.5 Å². The Labute approximate surface area is 138 Å². The van der Waals surface area contributed by atoms with Gasteiger partial charge in [0.25, 0.3) is 0 Å². The van der Waals surface area contributed by atoms with Crippen molar-refractivity contribution >= 4 is 35.0 Å². The minimum Gasteiger partial charge on any atom is -0.395 e. The number of aromatic nitrogens is 3. The van der Waals surface area contributed by atoms with E-state index >= 15 is 0 Å². The van der Waals surface area contributed by atoms with Crippen molar-refractivity contribution in [3.63, 3.8) is 0 Å². The summed E-state index contributed by atoms with van der Waals surface area (Å²) in [6.07, 6.45) is 2.62. The highest BCUT2D eigenvalue weighted by Gasteiger charge is 2.22. The Bertz CT molecular complexity index is 751. The first-order chi connectivity index (χ1) is 11.0. The zero-order chi connectivity index (χ0) is 16.4. The molecule has 1 saturated heterocycles. The van der Waals surface area contributed by atoms with Crippen molar-refractivity contribution < 1.29 is 4.79 Å². The zero-order valence-corrected chi connectivity index (χ0v) is 13.3. The van der Waals surface area contributed by atoms with Gasteiger partial charge in [0.15, 0.2) is 5.15 Å². The smallest absolute Gasteiger partial charge is 0.228 e. The van der Waals surface area contributed by atoms with Crippen molar-refractivity contribution in [3.05, 3.63) is 34.7 Å². The number of aryl methyl sites for hydroxylation is 2. The molecular weight excluding hydrogens is 316 g/mol. The second-order valence-electron chi connectivity index (χ2n) is 5.37. The summed E-state index contributed by atoms with van der Waals surface area (Å²) in [5.74, 6) is 0.913. The lowest BCUT2D eigenvalue weighted by atomic mass is 10.1. The molecule has 3 rings (SSSR count). The lowest BCUT2D eigenvalue weighted by molar-refractivity contribution is -0.117. The summed E-state index contributed by atoms with van der Waals surface area (Å²) in [6.45, 7) is 0.723. The van der Waals surface area contributed by atoms with Crippen LogP contribution in [0.1, 0.15) is 24.2 Å². The van der Waals surface area contributed by atoms with Crippen molar-refractivity contribution in [3.8, 4) is 0 Å². The van der Waals surface area contributed by atoms with E-state index in [1.807, 2.05) is 18.2 Å². The maximum Gasteiger partial charge on any atom is 0.228 e. The number of hydrogen-bond acceptors (Lipinski definition) is 6. The number of hydrogen-bond donors (Lipinski definition) is 2. The van der Waals surface area contributed by atoms with Gasteiger partial charge in [0.2, 0.25) is 11.9 Å². The second kappa shape index (κ2) is 6.37. The number of nitrogens with zero attached hydrogens (tertiary/aromatic N) is 4. The molecule has 0 aromatic carbocycles. The van der Waals surface area contributed by atoms with Crippen LogP contribution < -0.4 is 16.4 Å². The maximum absolute atomic E-state index is 11.8. The van der Waals surface area contributed by atoms with E-state index in [9.17, 15) is 4.79 Å². The van der Waals surface area contributed by atoms with Crippen molar-refractivity contribution in [2.75, 3.05) is 22.9 Å². The van der Waals surface area contributed by atoms with Crippen molar-refractivity contribution in [2.45, 2.75) is 25.7 Å². The molecule has 0 atom stereocenters. The van der Waals surface area contributed by atoms with Crippen LogP contribution in [0, 0.1) is 0 Å². The number of amides is 1. The third-order valence-electron chi connectivity index (χ3n) is 3.76. The highest BCUT2D eigenvalue weighted by molar-refractivity contribution is 6.32. The molecule has 3 heterocycles. The number of pyridine rings is 1. The summed E-state index contributed by atoms with van der Waals surface area (Å²) in [4.78, 5) is 26.0. The minimum atomic E-state index is 0.101. The third-order valence-corrected chi connectivity index (χ3v) is 4.04. The number of nitrogens with two attached hydrogens (primary N) is 2. The predicted molar refractivity (Wildman–Crippen MR) is 89.1 cm³/mol. The largest absolute Gasteiger partial charge is 0.395 e. The highest BCUT2D eigenvalue weighted by Crippen LogP contribution is 2.22. The van der Waals surface area contributed by atoms with Crippen LogP contribution in [0.25, 0.3) is 0 Å². The molecule has 7 nitrogen and oxygen atoms in total. The molecule has 0 spiro atoms. The topological polar surface area (TPSA) is 111 Å². The molecule has 0 saturated carbocycles. The van der Waals surface area contributed by atoms with E-state index in [-0.39, 0.29) is 17.0 Å². The summed E-state index contributed by atoms with van der Waals surface area (Å²) < 4.78 is 0. The predicted octanol–water partition coefficient (Wildman–Crippen LogP) is 1.60. The van der Waals surface area contributed by atoms with E-state index in [1.165, 1.54) is 0 Å². The normalized spacial score (nSPS) is 14.5. The van der Waals surface area contributed by atoms with Gasteiger partial charge in [-0.2, -0.15) is 4.98 Å². The van der Waals surface area contributed by atoms with Crippen LogP contribution in [0.2, 0.25) is 5.15 Å². The fourth-order valence-corrected chi connectivity index (χ4v) is 2.78. The van der Waals surface area contributed by atoms with Gasteiger partial charge in [-0.15, -0.1) is 0 Å². The summed E-state index contributed by atoms with van der Waals surface area (Å²) in [5, 5.41) is 0.164. The molecule has 0 aliphatic carbocycles. The van der Waals surface area contributed by atoms with Crippen molar-refractivity contribution in [1.29, 1.82) is 0 Å². The summed E-state index contributed by atoms with van der Waals surface area (Å²) in [5.41, 5.74) is 13.3. The standard InChI is InChI=1S/C15H17ClN6O/c16-14-13(17)10(20-15(18)21-14)7-6-9-3-1-4-11(19-9)22-8-2-5-12(22)23/h1,3-4H,2,5-8,17H2,(H2,18,20,21). The van der Waals surface area contributed by atoms with Gasteiger partial charge in [-0.05, 0) is 31.4 Å². The van der Waals surface area contributed by atoms with Crippen LogP contribution in [0.15, 0.2) is 18.2 Å². The minimum absolute atomic E-state index is 0.101. The summed E-state index contributed by atoms with van der Waals surface area (Å²) in [6, 6.07) is 5.65. The van der Waals surface area contributed by atoms with Gasteiger partial charge in [-0.3, -0.25) is 9.69 Å². The SMILES string of the molecule is Nc1nc(Cl)c(N)c(CCc2cccc(N3CCCC3=O)n2)n1. The van der Waals surface area contributed by atoms with Gasteiger partial charge < -0.3 is 11.5 Å². The molecule has 0 bridgehead atoms. The fraction of sp³-hybridized carbons (Fsp3) is 0.333. The van der Waals surface area contributed by atoms with Crippen molar-refractivity contribution in [2.24, 2.45) is 0 Å². The number of nitrogen functional groups attached to an aromatic ring is 2. The van der Waals surface area contributed by atoms with Crippen LogP contribution in [-0.2, 0) is 17.6 Å². The Hall–Kier alpha value is -2.41. The molecule has 8 heteroatoms. The van der Waals surface area contributed by atoms with Gasteiger partial charge >= 0.3 is 0 Å². The number of carbonyl (C=O) groups is 1. The van der Waals surface area contributed by atoms with Crippen LogP contribution in [0.4, 0.5) is 17.5 Å². The van der Waals surface area contributed by atoms with E-state index in [0.717, 1.165) is 18.7 Å². The quantitative estimate of drug-likeness (QED) is 0.823. The van der Waals surface area contributed by atoms with Gasteiger partial charge in [0.05, 0.1) is 11.4 Å². The molecule has 2 aromatic heterocycles. The molecule has 0 unspecified atom stereocenters. The first kappa shape index (κ1) is 15.5. The molecule has 2 aromatic rings. The molecule has 23 heavy (non-hydrogen) atoms. The molecule has 1 fully saturated rings. The van der Waals surface area contributed by atoms with Gasteiger partial charge in [0, 0.05) is 18.7 Å². The fourth-order valence-electron chi connectivity index (χ4n) is 2.59. The Morgan fingerprint density at radius 2 is 2.00 bits per heavy atom. The third kappa shape index (κ3) is 3.34. The molecule has 1 aliphatic rings. The second-order valence-corrected chi connectivity index (χ2v) is 5.73. The lowest BCUT2D eigenvalue weighted by Crippen LogP contribution is -2.24. The van der Waals surface area contributed by atoms with E-state index in [2.05, 4.69) is 15.0 Å². The number of carbonyl (C=O) groups excluding carboxylic acids is 1. The summed E-state index contributed by atoms with van der Waals surface area (Å²) >= 11 is 5.91. The van der Waals surface area contributed by atoms with Crippen molar-refractivity contribution in [1.82, 2.24) is 15.0 Å². The number of anilines is 3. The van der Waals surface area contributed by atoms with Crippen LogP contribution in [0.3, 0.4) is 0 Å². The molecule has 120 valence electrons. The average molecular weight is 333 g/mol. The van der Waals surface area contributed by atoms with E-state index in [4.69, 9.17) is 23.1 Å². The average Bonchev–Trinajstić information content (AvgIpc) is 2.96.